The number of carboxylic acids is 1. The number of nitrogens with zero attached hydrogens (tertiary/aromatic N) is 2. The molecule has 0 bridgehead atoms. The normalized spacial score (nSPS) is 26.7. The first kappa shape index (κ1) is 28.5. The lowest BCUT2D eigenvalue weighted by atomic mass is 9.68. The summed E-state index contributed by atoms with van der Waals surface area (Å²) in [6.45, 7) is 11.4. The first-order valence-electron chi connectivity index (χ1n) is 15.0. The topological polar surface area (TPSA) is 71.5 Å². The molecule has 4 aliphatic rings. The zero-order valence-electron chi connectivity index (χ0n) is 23.7. The van der Waals surface area contributed by atoms with Crippen molar-refractivity contribution in [1.82, 2.24) is 4.90 Å². The Morgan fingerprint density at radius 2 is 2.07 bits per heavy atom. The lowest BCUT2D eigenvalue weighted by Gasteiger charge is -2.46. The van der Waals surface area contributed by atoms with Crippen LogP contribution in [0.25, 0.3) is 0 Å². The monoisotopic (exact) mass is 580 g/mol. The van der Waals surface area contributed by atoms with Crippen molar-refractivity contribution in [3.05, 3.63) is 70.8 Å². The molecule has 0 unspecified atom stereocenters. The first-order valence-corrected chi connectivity index (χ1v) is 15.4. The van der Waals surface area contributed by atoms with Gasteiger partial charge in [0, 0.05) is 43.2 Å². The van der Waals surface area contributed by atoms with Gasteiger partial charge in [-0.3, -0.25) is 4.90 Å². The van der Waals surface area contributed by atoms with Crippen LogP contribution in [0.5, 0.6) is 5.75 Å². The Morgan fingerprint density at radius 1 is 1.22 bits per heavy atom. The van der Waals surface area contributed by atoms with Crippen LogP contribution in [0, 0.1) is 11.8 Å². The second-order valence-corrected chi connectivity index (χ2v) is 12.6. The van der Waals surface area contributed by atoms with Crippen molar-refractivity contribution < 1.29 is 24.1 Å². The minimum Gasteiger partial charge on any atom is -0.490 e. The van der Waals surface area contributed by atoms with Crippen LogP contribution in [0.2, 0.25) is 5.02 Å². The van der Waals surface area contributed by atoms with Gasteiger partial charge in [-0.25, -0.2) is 4.79 Å². The highest BCUT2D eigenvalue weighted by molar-refractivity contribution is 6.30. The number of hydrogen-bond acceptors (Lipinski definition) is 6. The molecule has 7 nitrogen and oxygen atoms in total. The Morgan fingerprint density at radius 3 is 2.83 bits per heavy atom. The fourth-order valence-corrected chi connectivity index (χ4v) is 7.49. The van der Waals surface area contributed by atoms with Crippen LogP contribution in [0.15, 0.2) is 49.1 Å². The van der Waals surface area contributed by atoms with Crippen molar-refractivity contribution in [2.24, 2.45) is 11.8 Å². The summed E-state index contributed by atoms with van der Waals surface area (Å²) in [5.41, 5.74) is 3.57. The number of carboxylic acid groups (broad SMARTS) is 1. The van der Waals surface area contributed by atoms with Crippen molar-refractivity contribution in [3.63, 3.8) is 0 Å². The molecule has 41 heavy (non-hydrogen) atoms. The average molecular weight is 581 g/mol. The maximum absolute atomic E-state index is 11.9. The van der Waals surface area contributed by atoms with E-state index in [0.717, 1.165) is 94.5 Å². The fourth-order valence-electron chi connectivity index (χ4n) is 7.29. The van der Waals surface area contributed by atoms with Gasteiger partial charge in [0.25, 0.3) is 0 Å². The van der Waals surface area contributed by atoms with E-state index in [1.807, 2.05) is 18.2 Å². The molecule has 2 heterocycles. The van der Waals surface area contributed by atoms with E-state index < -0.39 is 5.97 Å². The molecular formula is C33H41ClN2O5. The first-order chi connectivity index (χ1) is 20.0. The number of benzene rings is 2. The molecule has 2 aliphatic carbocycles. The van der Waals surface area contributed by atoms with Crippen molar-refractivity contribution in [3.8, 4) is 5.75 Å². The smallest absolute Gasteiger partial charge is 0.335 e. The number of rotatable bonds is 9. The summed E-state index contributed by atoms with van der Waals surface area (Å²) in [6.07, 6.45) is 7.32. The number of carbonyl (C=O) groups is 1. The van der Waals surface area contributed by atoms with Gasteiger partial charge in [-0.15, -0.1) is 6.58 Å². The Balaban J connectivity index is 1.23. The van der Waals surface area contributed by atoms with Gasteiger partial charge in [-0.05, 0) is 85.4 Å². The molecule has 2 aromatic rings. The van der Waals surface area contributed by atoms with E-state index >= 15 is 0 Å². The second-order valence-electron chi connectivity index (χ2n) is 12.1. The molecule has 0 amide bonds. The summed E-state index contributed by atoms with van der Waals surface area (Å²) >= 11 is 6.39. The van der Waals surface area contributed by atoms with Crippen molar-refractivity contribution >= 4 is 23.3 Å². The predicted octanol–water partition coefficient (Wildman–Crippen LogP) is 5.44. The third kappa shape index (κ3) is 6.00. The van der Waals surface area contributed by atoms with Crippen LogP contribution >= 0.6 is 11.6 Å². The number of aryl methyl sites for hydroxylation is 1. The highest BCUT2D eigenvalue weighted by Crippen LogP contribution is 2.47. The van der Waals surface area contributed by atoms with E-state index in [1.165, 1.54) is 11.1 Å². The van der Waals surface area contributed by atoms with Crippen LogP contribution in [-0.2, 0) is 21.3 Å². The van der Waals surface area contributed by atoms with Crippen LogP contribution in [0.3, 0.4) is 0 Å². The van der Waals surface area contributed by atoms with E-state index in [0.29, 0.717) is 25.0 Å². The molecule has 2 fully saturated rings. The number of fused-ring (bicyclic) bond motifs is 3. The predicted molar refractivity (Wildman–Crippen MR) is 161 cm³/mol. The van der Waals surface area contributed by atoms with Crippen LogP contribution in [-0.4, -0.2) is 81.2 Å². The Labute approximate surface area is 248 Å². The van der Waals surface area contributed by atoms with Gasteiger partial charge >= 0.3 is 5.97 Å². The van der Waals surface area contributed by atoms with Gasteiger partial charge in [0.1, 0.15) is 5.75 Å². The highest BCUT2D eigenvalue weighted by atomic mass is 35.5. The third-order valence-corrected chi connectivity index (χ3v) is 9.93. The van der Waals surface area contributed by atoms with Crippen molar-refractivity contribution in [2.75, 3.05) is 64.1 Å². The molecule has 220 valence electrons. The Kier molecular flexibility index (Phi) is 8.59. The maximum Gasteiger partial charge on any atom is 0.335 e. The van der Waals surface area contributed by atoms with E-state index in [2.05, 4.69) is 28.5 Å². The lowest BCUT2D eigenvalue weighted by Crippen LogP contribution is -2.50. The maximum atomic E-state index is 11.9. The molecule has 6 rings (SSSR count). The average Bonchev–Trinajstić information content (AvgIpc) is 3.12. The number of ether oxygens (including phenoxy) is 3. The van der Waals surface area contributed by atoms with E-state index in [-0.39, 0.29) is 17.1 Å². The van der Waals surface area contributed by atoms with Gasteiger partial charge in [0.15, 0.2) is 0 Å². The molecule has 2 aromatic carbocycles. The van der Waals surface area contributed by atoms with Gasteiger partial charge in [-0.2, -0.15) is 0 Å². The van der Waals surface area contributed by atoms with Crippen molar-refractivity contribution in [2.45, 2.75) is 43.6 Å². The summed E-state index contributed by atoms with van der Waals surface area (Å²) in [7, 11) is 0. The van der Waals surface area contributed by atoms with E-state index in [9.17, 15) is 9.90 Å². The van der Waals surface area contributed by atoms with Gasteiger partial charge in [-0.1, -0.05) is 23.7 Å². The molecule has 1 spiro atoms. The Bertz CT molecular complexity index is 1260. The summed E-state index contributed by atoms with van der Waals surface area (Å²) in [4.78, 5) is 16.7. The molecule has 0 aromatic heterocycles. The van der Waals surface area contributed by atoms with Crippen LogP contribution in [0.1, 0.15) is 47.2 Å². The molecular weight excluding hydrogens is 540 g/mol. The fraction of sp³-hybridized carbons (Fsp3) is 0.545. The molecule has 2 aliphatic heterocycles. The number of halogens is 1. The highest BCUT2D eigenvalue weighted by Gasteiger charge is 2.44. The van der Waals surface area contributed by atoms with Crippen LogP contribution < -0.4 is 9.64 Å². The Hall–Kier alpha value is -2.58. The molecule has 0 radical (unpaired) electrons. The van der Waals surface area contributed by atoms with Crippen LogP contribution in [0.4, 0.5) is 5.69 Å². The largest absolute Gasteiger partial charge is 0.490 e. The number of hydrogen-bond donors (Lipinski definition) is 1. The SMILES string of the molecule is C=C[C@H](OCCN1CCOCC1)[C@@H]1CC[C@H]1CN1C[C@@]2(CCCc3cc(Cl)ccc32)COc2ccc(C(=O)O)cc21. The third-order valence-electron chi connectivity index (χ3n) is 9.69. The van der Waals surface area contributed by atoms with Gasteiger partial charge in [0.05, 0.1) is 43.8 Å². The lowest BCUT2D eigenvalue weighted by molar-refractivity contribution is -0.0312. The molecule has 1 saturated carbocycles. The number of aromatic carboxylic acids is 1. The van der Waals surface area contributed by atoms with Gasteiger partial charge in [0.2, 0.25) is 0 Å². The second kappa shape index (κ2) is 12.3. The zero-order chi connectivity index (χ0) is 28.4. The standard InChI is InChI=1S/C33H41ClN2O5/c1-2-30(40-17-14-35-12-15-39-16-13-35)27-8-5-25(27)20-36-21-33(11-3-4-23-18-26(34)7-9-28(23)33)22-41-31-10-6-24(32(37)38)19-29(31)36/h2,6-7,9-10,18-19,25,27,30H,1,3-5,8,11-17,20-22H2,(H,37,38)/t25-,27+,30-,33-/m0/s1. The molecule has 4 atom stereocenters. The zero-order valence-corrected chi connectivity index (χ0v) is 24.5. The van der Waals surface area contributed by atoms with Gasteiger partial charge < -0.3 is 24.2 Å². The summed E-state index contributed by atoms with van der Waals surface area (Å²) in [5, 5.41) is 10.6. The molecule has 1 saturated heterocycles. The summed E-state index contributed by atoms with van der Waals surface area (Å²) in [5.74, 6) is 0.643. The quantitative estimate of drug-likeness (QED) is 0.396. The minimum atomic E-state index is -0.925. The minimum absolute atomic E-state index is 0.00866. The molecule has 1 N–H and O–H groups in total. The van der Waals surface area contributed by atoms with Crippen molar-refractivity contribution in [1.29, 1.82) is 0 Å². The van der Waals surface area contributed by atoms with E-state index in [1.54, 1.807) is 12.1 Å². The summed E-state index contributed by atoms with van der Waals surface area (Å²) < 4.78 is 18.4. The number of anilines is 1. The van der Waals surface area contributed by atoms with E-state index in [4.69, 9.17) is 25.8 Å². The molecule has 8 heteroatoms. The summed E-state index contributed by atoms with van der Waals surface area (Å²) in [6, 6.07) is 11.5. The number of morpholine rings is 1.